The molecule has 0 radical (unpaired) electrons. The standard InChI is InChI=1S/C15H14Cl2FN/c1-10(13-4-2-3-5-14(13)17)19-9-11-8-12(16)6-7-15(11)18/h2-8,10,19H,9H2,1H3/t10-/m0/s1. The minimum atomic E-state index is -0.261. The van der Waals surface area contributed by atoms with Crippen molar-refractivity contribution in [2.45, 2.75) is 19.5 Å². The zero-order valence-corrected chi connectivity index (χ0v) is 12.0. The maximum Gasteiger partial charge on any atom is 0.127 e. The van der Waals surface area contributed by atoms with Crippen LogP contribution in [0.1, 0.15) is 24.1 Å². The van der Waals surface area contributed by atoms with E-state index in [4.69, 9.17) is 23.2 Å². The summed E-state index contributed by atoms with van der Waals surface area (Å²) >= 11 is 12.0. The molecule has 0 aliphatic rings. The van der Waals surface area contributed by atoms with Gasteiger partial charge in [-0.05, 0) is 36.8 Å². The van der Waals surface area contributed by atoms with Crippen LogP contribution in [0.3, 0.4) is 0 Å². The zero-order chi connectivity index (χ0) is 13.8. The summed E-state index contributed by atoms with van der Waals surface area (Å²) in [4.78, 5) is 0. The highest BCUT2D eigenvalue weighted by Gasteiger charge is 2.10. The molecule has 0 fully saturated rings. The normalized spacial score (nSPS) is 12.4. The third kappa shape index (κ3) is 3.69. The van der Waals surface area contributed by atoms with Crippen molar-refractivity contribution in [3.8, 4) is 0 Å². The Morgan fingerprint density at radius 2 is 1.89 bits per heavy atom. The first-order valence-corrected chi connectivity index (χ1v) is 6.75. The molecule has 1 atom stereocenters. The van der Waals surface area contributed by atoms with Crippen LogP contribution in [0.5, 0.6) is 0 Å². The molecule has 0 spiro atoms. The highest BCUT2D eigenvalue weighted by molar-refractivity contribution is 6.31. The molecule has 0 unspecified atom stereocenters. The summed E-state index contributed by atoms with van der Waals surface area (Å²) in [5.74, 6) is -0.261. The van der Waals surface area contributed by atoms with Crippen molar-refractivity contribution < 1.29 is 4.39 Å². The van der Waals surface area contributed by atoms with Crippen LogP contribution < -0.4 is 5.32 Å². The van der Waals surface area contributed by atoms with E-state index in [1.807, 2.05) is 31.2 Å². The van der Waals surface area contributed by atoms with Gasteiger partial charge in [-0.25, -0.2) is 4.39 Å². The Balaban J connectivity index is 2.06. The van der Waals surface area contributed by atoms with E-state index in [0.717, 1.165) is 5.56 Å². The Hall–Kier alpha value is -1.09. The van der Waals surface area contributed by atoms with Gasteiger partial charge in [0.25, 0.3) is 0 Å². The van der Waals surface area contributed by atoms with E-state index in [-0.39, 0.29) is 11.9 Å². The van der Waals surface area contributed by atoms with Gasteiger partial charge in [-0.3, -0.25) is 0 Å². The van der Waals surface area contributed by atoms with Crippen molar-refractivity contribution in [2.24, 2.45) is 0 Å². The van der Waals surface area contributed by atoms with Crippen molar-refractivity contribution in [1.82, 2.24) is 5.32 Å². The van der Waals surface area contributed by atoms with E-state index in [1.54, 1.807) is 6.07 Å². The Bertz CT molecular complexity index is 572. The Morgan fingerprint density at radius 1 is 1.16 bits per heavy atom. The molecule has 4 heteroatoms. The molecule has 19 heavy (non-hydrogen) atoms. The Morgan fingerprint density at radius 3 is 2.63 bits per heavy atom. The van der Waals surface area contributed by atoms with Gasteiger partial charge in [0.15, 0.2) is 0 Å². The van der Waals surface area contributed by atoms with Crippen LogP contribution in [-0.4, -0.2) is 0 Å². The second kappa shape index (κ2) is 6.38. The van der Waals surface area contributed by atoms with E-state index in [9.17, 15) is 4.39 Å². The number of nitrogens with one attached hydrogen (secondary N) is 1. The number of benzene rings is 2. The molecule has 1 N–H and O–H groups in total. The van der Waals surface area contributed by atoms with Crippen molar-refractivity contribution >= 4 is 23.2 Å². The maximum atomic E-state index is 13.6. The van der Waals surface area contributed by atoms with Gasteiger partial charge >= 0.3 is 0 Å². The number of rotatable bonds is 4. The van der Waals surface area contributed by atoms with Gasteiger partial charge in [-0.15, -0.1) is 0 Å². The van der Waals surface area contributed by atoms with E-state index in [1.165, 1.54) is 12.1 Å². The predicted molar refractivity (Wildman–Crippen MR) is 78.1 cm³/mol. The van der Waals surface area contributed by atoms with Crippen LogP contribution in [0.25, 0.3) is 0 Å². The van der Waals surface area contributed by atoms with Gasteiger partial charge < -0.3 is 5.32 Å². The fourth-order valence-electron chi connectivity index (χ4n) is 1.88. The van der Waals surface area contributed by atoms with E-state index in [0.29, 0.717) is 22.2 Å². The zero-order valence-electron chi connectivity index (χ0n) is 10.5. The van der Waals surface area contributed by atoms with Gasteiger partial charge in [0, 0.05) is 28.2 Å². The summed E-state index contributed by atoms with van der Waals surface area (Å²) in [6.07, 6.45) is 0. The molecule has 0 saturated heterocycles. The topological polar surface area (TPSA) is 12.0 Å². The second-order valence-electron chi connectivity index (χ2n) is 4.36. The fraction of sp³-hybridized carbons (Fsp3) is 0.200. The largest absolute Gasteiger partial charge is 0.306 e. The predicted octanol–water partition coefficient (Wildman–Crippen LogP) is 4.98. The molecule has 2 aromatic rings. The molecule has 2 aromatic carbocycles. The molecule has 0 bridgehead atoms. The lowest BCUT2D eigenvalue weighted by atomic mass is 10.1. The SMILES string of the molecule is C[C@H](NCc1cc(Cl)ccc1F)c1ccccc1Cl. The van der Waals surface area contributed by atoms with Gasteiger partial charge in [0.2, 0.25) is 0 Å². The lowest BCUT2D eigenvalue weighted by Gasteiger charge is -2.16. The number of hydrogen-bond acceptors (Lipinski definition) is 1. The molecule has 0 aliphatic heterocycles. The number of hydrogen-bond donors (Lipinski definition) is 1. The molecular weight excluding hydrogens is 284 g/mol. The van der Waals surface area contributed by atoms with E-state index < -0.39 is 0 Å². The van der Waals surface area contributed by atoms with Crippen molar-refractivity contribution in [3.63, 3.8) is 0 Å². The third-order valence-electron chi connectivity index (χ3n) is 2.98. The first-order valence-electron chi connectivity index (χ1n) is 5.99. The summed E-state index contributed by atoms with van der Waals surface area (Å²) < 4.78 is 13.6. The van der Waals surface area contributed by atoms with Crippen LogP contribution in [-0.2, 0) is 6.54 Å². The Kier molecular flexibility index (Phi) is 4.81. The highest BCUT2D eigenvalue weighted by Crippen LogP contribution is 2.23. The van der Waals surface area contributed by atoms with Gasteiger partial charge in [0.1, 0.15) is 5.82 Å². The van der Waals surface area contributed by atoms with Crippen molar-refractivity contribution in [2.75, 3.05) is 0 Å². The minimum absolute atomic E-state index is 0.0343. The highest BCUT2D eigenvalue weighted by atomic mass is 35.5. The molecule has 0 amide bonds. The van der Waals surface area contributed by atoms with Crippen LogP contribution in [0, 0.1) is 5.82 Å². The molecule has 100 valence electrons. The van der Waals surface area contributed by atoms with E-state index >= 15 is 0 Å². The molecule has 0 aliphatic carbocycles. The summed E-state index contributed by atoms with van der Waals surface area (Å²) in [5.41, 5.74) is 1.54. The smallest absolute Gasteiger partial charge is 0.127 e. The summed E-state index contributed by atoms with van der Waals surface area (Å²) in [6, 6.07) is 12.2. The Labute approximate surface area is 122 Å². The first kappa shape index (κ1) is 14.3. The molecule has 0 saturated carbocycles. The van der Waals surface area contributed by atoms with Crippen LogP contribution in [0.2, 0.25) is 10.0 Å². The molecule has 0 heterocycles. The summed E-state index contributed by atoms with van der Waals surface area (Å²) in [6.45, 7) is 2.39. The third-order valence-corrected chi connectivity index (χ3v) is 3.56. The van der Waals surface area contributed by atoms with Crippen LogP contribution >= 0.6 is 23.2 Å². The molecular formula is C15H14Cl2FN. The van der Waals surface area contributed by atoms with Crippen LogP contribution in [0.4, 0.5) is 4.39 Å². The fourth-order valence-corrected chi connectivity index (χ4v) is 2.37. The average molecular weight is 298 g/mol. The quantitative estimate of drug-likeness (QED) is 0.839. The summed E-state index contributed by atoms with van der Waals surface area (Å²) in [5, 5.41) is 4.47. The van der Waals surface area contributed by atoms with E-state index in [2.05, 4.69) is 5.32 Å². The van der Waals surface area contributed by atoms with Crippen molar-refractivity contribution in [3.05, 3.63) is 69.5 Å². The maximum absolute atomic E-state index is 13.6. The number of halogens is 3. The summed E-state index contributed by atoms with van der Waals surface area (Å²) in [7, 11) is 0. The first-order chi connectivity index (χ1) is 9.08. The second-order valence-corrected chi connectivity index (χ2v) is 5.20. The molecule has 0 aromatic heterocycles. The average Bonchev–Trinajstić information content (AvgIpc) is 2.40. The monoisotopic (exact) mass is 297 g/mol. The molecule has 2 rings (SSSR count). The van der Waals surface area contributed by atoms with Gasteiger partial charge in [-0.2, -0.15) is 0 Å². The lowest BCUT2D eigenvalue weighted by Crippen LogP contribution is -2.19. The molecule has 1 nitrogen and oxygen atoms in total. The van der Waals surface area contributed by atoms with Crippen LogP contribution in [0.15, 0.2) is 42.5 Å². The van der Waals surface area contributed by atoms with Gasteiger partial charge in [-0.1, -0.05) is 41.4 Å². The lowest BCUT2D eigenvalue weighted by molar-refractivity contribution is 0.544. The minimum Gasteiger partial charge on any atom is -0.306 e. The van der Waals surface area contributed by atoms with Crippen molar-refractivity contribution in [1.29, 1.82) is 0 Å². The van der Waals surface area contributed by atoms with Gasteiger partial charge in [0.05, 0.1) is 0 Å².